The third-order valence-electron chi connectivity index (χ3n) is 7.29. The summed E-state index contributed by atoms with van der Waals surface area (Å²) in [6.45, 7) is 7.01. The molecule has 1 spiro atoms. The fourth-order valence-corrected chi connectivity index (χ4v) is 5.38. The van der Waals surface area contributed by atoms with Crippen LogP contribution in [0.15, 0.2) is 48.5 Å². The second-order valence-corrected chi connectivity index (χ2v) is 9.25. The molecule has 2 aromatic carbocycles. The predicted octanol–water partition coefficient (Wildman–Crippen LogP) is 2.55. The third kappa shape index (κ3) is 4.03. The number of imide groups is 1. The zero-order valence-corrected chi connectivity index (χ0v) is 19.5. The van der Waals surface area contributed by atoms with E-state index in [1.54, 1.807) is 0 Å². The molecular weight excluding hydrogens is 430 g/mol. The Hall–Kier alpha value is -3.39. The van der Waals surface area contributed by atoms with Gasteiger partial charge in [-0.05, 0) is 61.2 Å². The molecule has 0 aromatic heterocycles. The maximum absolute atomic E-state index is 13.4. The second kappa shape index (κ2) is 9.10. The minimum atomic E-state index is -1.06. The highest BCUT2D eigenvalue weighted by molar-refractivity contribution is 6.10. The number of anilines is 2. The number of rotatable bonds is 5. The van der Waals surface area contributed by atoms with E-state index < -0.39 is 17.5 Å². The number of amides is 4. The molecule has 2 aliphatic heterocycles. The summed E-state index contributed by atoms with van der Waals surface area (Å²) < 4.78 is 0. The first-order valence-electron chi connectivity index (χ1n) is 12.1. The summed E-state index contributed by atoms with van der Waals surface area (Å²) in [5.74, 6) is -0.740. The van der Waals surface area contributed by atoms with Crippen LogP contribution in [0.4, 0.5) is 16.2 Å². The van der Waals surface area contributed by atoms with Crippen LogP contribution < -0.4 is 15.5 Å². The highest BCUT2D eigenvalue weighted by atomic mass is 16.2. The van der Waals surface area contributed by atoms with Crippen molar-refractivity contribution in [2.45, 2.75) is 31.7 Å². The van der Waals surface area contributed by atoms with E-state index in [1.165, 1.54) is 0 Å². The van der Waals surface area contributed by atoms with Gasteiger partial charge in [0.1, 0.15) is 12.1 Å². The lowest BCUT2D eigenvalue weighted by Gasteiger charge is -2.35. The molecule has 2 saturated heterocycles. The third-order valence-corrected chi connectivity index (χ3v) is 7.29. The van der Waals surface area contributed by atoms with E-state index in [4.69, 9.17) is 0 Å². The van der Waals surface area contributed by atoms with Gasteiger partial charge in [0.05, 0.1) is 0 Å². The van der Waals surface area contributed by atoms with Crippen LogP contribution in [0.5, 0.6) is 0 Å². The van der Waals surface area contributed by atoms with Gasteiger partial charge in [0, 0.05) is 37.6 Å². The predicted molar refractivity (Wildman–Crippen MR) is 131 cm³/mol. The Bertz CT molecular complexity index is 1090. The van der Waals surface area contributed by atoms with Crippen LogP contribution in [0, 0.1) is 0 Å². The number of carbonyl (C=O) groups excluding carboxylic acids is 3. The number of nitrogens with zero attached hydrogens (tertiary/aromatic N) is 3. The minimum Gasteiger partial charge on any atom is -0.369 e. The lowest BCUT2D eigenvalue weighted by atomic mass is 9.76. The van der Waals surface area contributed by atoms with Crippen molar-refractivity contribution in [1.29, 1.82) is 0 Å². The van der Waals surface area contributed by atoms with Crippen molar-refractivity contribution in [3.8, 4) is 0 Å². The molecule has 2 aromatic rings. The Kier molecular flexibility index (Phi) is 6.00. The van der Waals surface area contributed by atoms with E-state index in [9.17, 15) is 14.4 Å². The Morgan fingerprint density at radius 2 is 1.76 bits per heavy atom. The zero-order chi connectivity index (χ0) is 23.7. The van der Waals surface area contributed by atoms with Crippen molar-refractivity contribution in [2.24, 2.45) is 0 Å². The largest absolute Gasteiger partial charge is 0.369 e. The molecule has 2 fully saturated rings. The second-order valence-electron chi connectivity index (χ2n) is 9.25. The van der Waals surface area contributed by atoms with Crippen LogP contribution in [0.3, 0.4) is 0 Å². The highest BCUT2D eigenvalue weighted by Gasteiger charge is 2.54. The summed E-state index contributed by atoms with van der Waals surface area (Å²) >= 11 is 0. The van der Waals surface area contributed by atoms with E-state index >= 15 is 0 Å². The van der Waals surface area contributed by atoms with E-state index in [1.807, 2.05) is 48.5 Å². The van der Waals surface area contributed by atoms with Gasteiger partial charge in [0.15, 0.2) is 0 Å². The molecular formula is C26H31N5O3. The highest BCUT2D eigenvalue weighted by Crippen LogP contribution is 2.39. The number of urea groups is 1. The molecule has 4 amide bonds. The maximum Gasteiger partial charge on any atom is 0.325 e. The molecule has 2 N–H and O–H groups in total. The fraction of sp³-hybridized carbons (Fsp3) is 0.423. The van der Waals surface area contributed by atoms with Crippen molar-refractivity contribution < 1.29 is 14.4 Å². The summed E-state index contributed by atoms with van der Waals surface area (Å²) in [7, 11) is 0. The number of likely N-dealkylation sites (N-methyl/N-ethyl adjacent to an activating group) is 1. The molecule has 1 atom stereocenters. The van der Waals surface area contributed by atoms with Crippen LogP contribution in [0.1, 0.15) is 30.9 Å². The van der Waals surface area contributed by atoms with Gasteiger partial charge in [-0.25, -0.2) is 4.79 Å². The van der Waals surface area contributed by atoms with Gasteiger partial charge in [-0.2, -0.15) is 0 Å². The number of nitrogens with one attached hydrogen (secondary N) is 2. The lowest BCUT2D eigenvalue weighted by molar-refractivity contribution is -0.134. The number of carbonyl (C=O) groups is 3. The molecule has 34 heavy (non-hydrogen) atoms. The standard InChI is InChI=1S/C26H31N5O3/c1-2-29-14-16-30(17-15-29)21-11-9-20(10-12-21)27-23(32)18-31-24(33)26(28-25(31)34)13-5-7-19-6-3-4-8-22(19)26/h3-4,6,8-12H,2,5,7,13-18H2,1H3,(H,27,32)(H,28,34)/t26-/m1/s1. The summed E-state index contributed by atoms with van der Waals surface area (Å²) in [5.41, 5.74) is 2.63. The maximum atomic E-state index is 13.4. The van der Waals surface area contributed by atoms with Gasteiger partial charge in [-0.3, -0.25) is 14.5 Å². The number of hydrogen-bond acceptors (Lipinski definition) is 5. The van der Waals surface area contributed by atoms with E-state index in [0.717, 1.165) is 67.3 Å². The Morgan fingerprint density at radius 3 is 2.50 bits per heavy atom. The van der Waals surface area contributed by atoms with E-state index in [0.29, 0.717) is 12.1 Å². The van der Waals surface area contributed by atoms with Gasteiger partial charge in [0.25, 0.3) is 5.91 Å². The number of benzene rings is 2. The Morgan fingerprint density at radius 1 is 1.03 bits per heavy atom. The van der Waals surface area contributed by atoms with Crippen molar-refractivity contribution in [3.05, 3.63) is 59.7 Å². The molecule has 2 heterocycles. The average Bonchev–Trinajstić information content (AvgIpc) is 3.09. The smallest absolute Gasteiger partial charge is 0.325 e. The van der Waals surface area contributed by atoms with Crippen LogP contribution in [-0.2, 0) is 21.5 Å². The Balaban J connectivity index is 1.22. The van der Waals surface area contributed by atoms with Gasteiger partial charge in [-0.1, -0.05) is 31.2 Å². The van der Waals surface area contributed by atoms with Crippen molar-refractivity contribution in [3.63, 3.8) is 0 Å². The number of fused-ring (bicyclic) bond motifs is 2. The van der Waals surface area contributed by atoms with Crippen LogP contribution in [0.25, 0.3) is 0 Å². The minimum absolute atomic E-state index is 0.310. The van der Waals surface area contributed by atoms with Gasteiger partial charge in [0.2, 0.25) is 5.91 Å². The molecule has 8 nitrogen and oxygen atoms in total. The molecule has 8 heteroatoms. The van der Waals surface area contributed by atoms with Crippen LogP contribution in [-0.4, -0.2) is 66.9 Å². The quantitative estimate of drug-likeness (QED) is 0.669. The van der Waals surface area contributed by atoms with Crippen LogP contribution in [0.2, 0.25) is 0 Å². The summed E-state index contributed by atoms with van der Waals surface area (Å²) in [5, 5.41) is 5.72. The monoisotopic (exact) mass is 461 g/mol. The van der Waals surface area contributed by atoms with E-state index in [2.05, 4.69) is 27.4 Å². The first-order valence-corrected chi connectivity index (χ1v) is 12.1. The number of hydrogen-bond donors (Lipinski definition) is 2. The van der Waals surface area contributed by atoms with Gasteiger partial charge < -0.3 is 20.4 Å². The topological polar surface area (TPSA) is 85.0 Å². The number of aryl methyl sites for hydroxylation is 1. The average molecular weight is 462 g/mol. The summed E-state index contributed by atoms with van der Waals surface area (Å²) in [4.78, 5) is 44.6. The van der Waals surface area contributed by atoms with Crippen molar-refractivity contribution in [2.75, 3.05) is 49.5 Å². The lowest BCUT2D eigenvalue weighted by Crippen LogP contribution is -2.47. The van der Waals surface area contributed by atoms with Gasteiger partial charge >= 0.3 is 6.03 Å². The molecule has 178 valence electrons. The van der Waals surface area contributed by atoms with Crippen molar-refractivity contribution >= 4 is 29.2 Å². The van der Waals surface area contributed by atoms with Gasteiger partial charge in [-0.15, -0.1) is 0 Å². The molecule has 0 saturated carbocycles. The summed E-state index contributed by atoms with van der Waals surface area (Å²) in [6, 6.07) is 14.9. The molecule has 1 aliphatic carbocycles. The molecule has 0 bridgehead atoms. The van der Waals surface area contributed by atoms with E-state index in [-0.39, 0.29) is 12.5 Å². The molecule has 3 aliphatic rings. The SMILES string of the molecule is CCN1CCN(c2ccc(NC(=O)CN3C(=O)N[C@@]4(CCCc5ccccc54)C3=O)cc2)CC1. The number of piperazine rings is 1. The molecule has 0 unspecified atom stereocenters. The first kappa shape index (κ1) is 22.4. The Labute approximate surface area is 199 Å². The van der Waals surface area contributed by atoms with Crippen LogP contribution >= 0.6 is 0 Å². The normalized spacial score (nSPS) is 22.6. The zero-order valence-electron chi connectivity index (χ0n) is 19.5. The van der Waals surface area contributed by atoms with Crippen molar-refractivity contribution in [1.82, 2.24) is 15.1 Å². The molecule has 0 radical (unpaired) electrons. The first-order chi connectivity index (χ1) is 16.5. The summed E-state index contributed by atoms with van der Waals surface area (Å²) in [6.07, 6.45) is 2.23. The molecule has 5 rings (SSSR count). The fourth-order valence-electron chi connectivity index (χ4n) is 5.38.